The van der Waals surface area contributed by atoms with Crippen LogP contribution in [0.3, 0.4) is 0 Å². The lowest BCUT2D eigenvalue weighted by atomic mass is 10.3. The van der Waals surface area contributed by atoms with Gasteiger partial charge in [0.25, 0.3) is 0 Å². The van der Waals surface area contributed by atoms with Crippen LogP contribution < -0.4 is 5.32 Å². The Hall–Kier alpha value is -1.62. The molecule has 0 aliphatic heterocycles. The monoisotopic (exact) mass is 227 g/mol. The van der Waals surface area contributed by atoms with Crippen molar-refractivity contribution in [3.63, 3.8) is 0 Å². The second-order valence-corrected chi connectivity index (χ2v) is 3.23. The number of nitrogens with zero attached hydrogens (tertiary/aromatic N) is 2. The highest BCUT2D eigenvalue weighted by Crippen LogP contribution is 2.18. The number of anilines is 1. The Morgan fingerprint density at radius 2 is 2.40 bits per heavy atom. The molecule has 2 aromatic heterocycles. The van der Waals surface area contributed by atoms with E-state index in [-0.39, 0.29) is 10.8 Å². The van der Waals surface area contributed by atoms with E-state index < -0.39 is 6.08 Å². The van der Waals surface area contributed by atoms with Crippen LogP contribution in [0.25, 0.3) is 0 Å². The van der Waals surface area contributed by atoms with Crippen LogP contribution in [-0.4, -0.2) is 9.97 Å². The van der Waals surface area contributed by atoms with Gasteiger partial charge in [-0.1, -0.05) is 11.6 Å². The van der Waals surface area contributed by atoms with Crippen LogP contribution in [0.15, 0.2) is 29.2 Å². The van der Waals surface area contributed by atoms with E-state index in [0.29, 0.717) is 6.54 Å². The largest absolute Gasteiger partial charge is 0.472 e. The zero-order valence-corrected chi connectivity index (χ0v) is 8.33. The molecule has 15 heavy (non-hydrogen) atoms. The first kappa shape index (κ1) is 9.92. The molecule has 2 rings (SSSR count). The molecule has 0 spiro atoms. The maximum Gasteiger partial charge on any atom is 0.310 e. The van der Waals surface area contributed by atoms with Crippen LogP contribution in [0, 0.1) is 6.08 Å². The van der Waals surface area contributed by atoms with Crippen LogP contribution in [0.4, 0.5) is 10.2 Å². The Balaban J connectivity index is 2.07. The van der Waals surface area contributed by atoms with Gasteiger partial charge in [0.2, 0.25) is 0 Å². The lowest BCUT2D eigenvalue weighted by Gasteiger charge is -2.04. The molecule has 0 fully saturated rings. The summed E-state index contributed by atoms with van der Waals surface area (Å²) < 4.78 is 17.6. The molecule has 0 saturated heterocycles. The highest BCUT2D eigenvalue weighted by molar-refractivity contribution is 6.32. The summed E-state index contributed by atoms with van der Waals surface area (Å²) in [4.78, 5) is 6.84. The molecular formula is C9H7ClFN3O. The number of halogens is 2. The Labute approximate surface area is 90.1 Å². The molecule has 0 radical (unpaired) electrons. The Kier molecular flexibility index (Phi) is 2.82. The number of aromatic nitrogens is 2. The number of nitrogens with one attached hydrogen (secondary N) is 1. The van der Waals surface area contributed by atoms with E-state index in [2.05, 4.69) is 15.3 Å². The van der Waals surface area contributed by atoms with E-state index >= 15 is 0 Å². The first-order valence-corrected chi connectivity index (χ1v) is 4.56. The van der Waals surface area contributed by atoms with Crippen molar-refractivity contribution in [3.05, 3.63) is 41.5 Å². The van der Waals surface area contributed by atoms with Crippen LogP contribution in [0.1, 0.15) is 5.56 Å². The third-order valence-electron chi connectivity index (χ3n) is 1.75. The second kappa shape index (κ2) is 4.27. The highest BCUT2D eigenvalue weighted by Gasteiger charge is 2.04. The molecule has 2 heterocycles. The van der Waals surface area contributed by atoms with E-state index in [1.54, 1.807) is 18.6 Å². The maximum absolute atomic E-state index is 12.7. The molecule has 0 unspecified atom stereocenters. The summed E-state index contributed by atoms with van der Waals surface area (Å²) >= 11 is 5.76. The molecule has 4 nitrogen and oxygen atoms in total. The van der Waals surface area contributed by atoms with Gasteiger partial charge in [-0.3, -0.25) is 0 Å². The smallest absolute Gasteiger partial charge is 0.310 e. The maximum atomic E-state index is 12.7. The molecule has 78 valence electrons. The van der Waals surface area contributed by atoms with Crippen molar-refractivity contribution in [3.8, 4) is 0 Å². The molecule has 6 heteroatoms. The average Bonchev–Trinajstić information content (AvgIpc) is 2.72. The van der Waals surface area contributed by atoms with Crippen molar-refractivity contribution < 1.29 is 8.81 Å². The van der Waals surface area contributed by atoms with Crippen LogP contribution in [0.2, 0.25) is 5.02 Å². The Bertz CT molecular complexity index is 447. The van der Waals surface area contributed by atoms with Gasteiger partial charge in [0.1, 0.15) is 5.02 Å². The molecular weight excluding hydrogens is 221 g/mol. The van der Waals surface area contributed by atoms with Crippen molar-refractivity contribution in [2.75, 3.05) is 5.32 Å². The lowest BCUT2D eigenvalue weighted by Crippen LogP contribution is -2.03. The number of rotatable bonds is 3. The average molecular weight is 228 g/mol. The Morgan fingerprint density at radius 3 is 3.13 bits per heavy atom. The molecule has 0 bridgehead atoms. The SMILES string of the molecule is Fc1ncc(Cl)c(NCc2ccoc2)n1. The van der Waals surface area contributed by atoms with E-state index in [9.17, 15) is 4.39 Å². The van der Waals surface area contributed by atoms with Crippen molar-refractivity contribution in [1.82, 2.24) is 9.97 Å². The number of hydrogen-bond acceptors (Lipinski definition) is 4. The minimum atomic E-state index is -0.811. The van der Waals surface area contributed by atoms with Gasteiger partial charge >= 0.3 is 6.08 Å². The molecule has 1 N–H and O–H groups in total. The van der Waals surface area contributed by atoms with E-state index in [1.807, 2.05) is 0 Å². The number of hydrogen-bond donors (Lipinski definition) is 1. The normalized spacial score (nSPS) is 10.3. The highest BCUT2D eigenvalue weighted by atomic mass is 35.5. The summed E-state index contributed by atoms with van der Waals surface area (Å²) in [6, 6.07) is 1.79. The first-order valence-electron chi connectivity index (χ1n) is 4.18. The summed E-state index contributed by atoms with van der Waals surface area (Å²) in [7, 11) is 0. The van der Waals surface area contributed by atoms with Gasteiger partial charge in [-0.2, -0.15) is 9.37 Å². The van der Waals surface area contributed by atoms with Gasteiger partial charge in [0, 0.05) is 12.1 Å². The molecule has 0 saturated carbocycles. The van der Waals surface area contributed by atoms with E-state index in [0.717, 1.165) is 5.56 Å². The molecule has 2 aromatic rings. The quantitative estimate of drug-likeness (QED) is 0.819. The van der Waals surface area contributed by atoms with Crippen LogP contribution >= 0.6 is 11.6 Å². The van der Waals surface area contributed by atoms with Gasteiger partial charge in [0.05, 0.1) is 18.7 Å². The molecule has 0 aromatic carbocycles. The van der Waals surface area contributed by atoms with Gasteiger partial charge in [-0.05, 0) is 6.07 Å². The minimum Gasteiger partial charge on any atom is -0.472 e. The molecule has 0 aliphatic rings. The van der Waals surface area contributed by atoms with E-state index in [4.69, 9.17) is 16.0 Å². The topological polar surface area (TPSA) is 51.0 Å². The summed E-state index contributed by atoms with van der Waals surface area (Å²) in [5.41, 5.74) is 0.921. The predicted octanol–water partition coefficient (Wildman–Crippen LogP) is 2.47. The van der Waals surface area contributed by atoms with Crippen molar-refractivity contribution >= 4 is 17.4 Å². The fourth-order valence-electron chi connectivity index (χ4n) is 1.05. The van der Waals surface area contributed by atoms with Crippen LogP contribution in [-0.2, 0) is 6.54 Å². The predicted molar refractivity (Wildman–Crippen MR) is 53.0 cm³/mol. The van der Waals surface area contributed by atoms with E-state index in [1.165, 1.54) is 6.20 Å². The standard InChI is InChI=1S/C9H7ClFN3O/c10-7-4-13-9(11)14-8(7)12-3-6-1-2-15-5-6/h1-2,4-5H,3H2,(H,12,13,14). The zero-order chi connectivity index (χ0) is 10.7. The fraction of sp³-hybridized carbons (Fsp3) is 0.111. The third kappa shape index (κ3) is 2.44. The lowest BCUT2D eigenvalue weighted by molar-refractivity contribution is 0.540. The summed E-state index contributed by atoms with van der Waals surface area (Å²) in [5.74, 6) is 0.269. The second-order valence-electron chi connectivity index (χ2n) is 2.82. The summed E-state index contributed by atoms with van der Waals surface area (Å²) in [6.07, 6.45) is 3.54. The molecule has 0 amide bonds. The van der Waals surface area contributed by atoms with Crippen LogP contribution in [0.5, 0.6) is 0 Å². The van der Waals surface area contributed by atoms with Gasteiger partial charge < -0.3 is 9.73 Å². The molecule has 0 aliphatic carbocycles. The summed E-state index contributed by atoms with van der Waals surface area (Å²) in [6.45, 7) is 0.465. The number of furan rings is 1. The van der Waals surface area contributed by atoms with Crippen molar-refractivity contribution in [2.24, 2.45) is 0 Å². The Morgan fingerprint density at radius 1 is 1.53 bits per heavy atom. The summed E-state index contributed by atoms with van der Waals surface area (Å²) in [5, 5.41) is 3.15. The zero-order valence-electron chi connectivity index (χ0n) is 7.58. The van der Waals surface area contributed by atoms with Gasteiger partial charge in [-0.25, -0.2) is 4.98 Å². The molecule has 0 atom stereocenters. The van der Waals surface area contributed by atoms with Gasteiger partial charge in [0.15, 0.2) is 5.82 Å². The van der Waals surface area contributed by atoms with Gasteiger partial charge in [-0.15, -0.1) is 0 Å². The minimum absolute atomic E-state index is 0.269. The first-order chi connectivity index (χ1) is 7.25. The van der Waals surface area contributed by atoms with Crippen molar-refractivity contribution in [2.45, 2.75) is 6.54 Å². The third-order valence-corrected chi connectivity index (χ3v) is 2.03. The fourth-order valence-corrected chi connectivity index (χ4v) is 1.21. The van der Waals surface area contributed by atoms with Crippen molar-refractivity contribution in [1.29, 1.82) is 0 Å².